The first-order chi connectivity index (χ1) is 8.06. The van der Waals surface area contributed by atoms with Gasteiger partial charge in [0, 0.05) is 12.6 Å². The Kier molecular flexibility index (Phi) is 2.91. The minimum absolute atomic E-state index is 0.164. The van der Waals surface area contributed by atoms with Crippen molar-refractivity contribution in [2.75, 3.05) is 5.32 Å². The number of carbonyl (C=O) groups is 1. The SMILES string of the molecule is Cc1ccc(C(=O)Nc2cn(C)nn2)c(C)c1. The highest BCUT2D eigenvalue weighted by atomic mass is 16.1. The number of hydrogen-bond donors (Lipinski definition) is 1. The van der Waals surface area contributed by atoms with Crippen molar-refractivity contribution in [3.05, 3.63) is 41.1 Å². The van der Waals surface area contributed by atoms with E-state index in [4.69, 9.17) is 0 Å². The number of rotatable bonds is 2. The third-order valence-electron chi connectivity index (χ3n) is 2.47. The summed E-state index contributed by atoms with van der Waals surface area (Å²) in [7, 11) is 1.75. The number of nitrogens with zero attached hydrogens (tertiary/aromatic N) is 3. The van der Waals surface area contributed by atoms with Crippen LogP contribution in [0, 0.1) is 13.8 Å². The zero-order valence-electron chi connectivity index (χ0n) is 10.1. The van der Waals surface area contributed by atoms with Gasteiger partial charge in [0.1, 0.15) is 0 Å². The summed E-state index contributed by atoms with van der Waals surface area (Å²) in [4.78, 5) is 12.0. The first-order valence-electron chi connectivity index (χ1n) is 5.31. The van der Waals surface area contributed by atoms with Crippen LogP contribution in [-0.4, -0.2) is 20.9 Å². The predicted octanol–water partition coefficient (Wildman–Crippen LogP) is 1.68. The smallest absolute Gasteiger partial charge is 0.257 e. The number of hydrogen-bond acceptors (Lipinski definition) is 3. The summed E-state index contributed by atoms with van der Waals surface area (Å²) in [5.41, 5.74) is 2.74. The van der Waals surface area contributed by atoms with E-state index < -0.39 is 0 Å². The van der Waals surface area contributed by atoms with Gasteiger partial charge in [-0.1, -0.05) is 22.9 Å². The van der Waals surface area contributed by atoms with Gasteiger partial charge < -0.3 is 5.32 Å². The van der Waals surface area contributed by atoms with Gasteiger partial charge in [0.15, 0.2) is 5.82 Å². The minimum atomic E-state index is -0.164. The zero-order chi connectivity index (χ0) is 12.4. The van der Waals surface area contributed by atoms with Crippen molar-refractivity contribution in [3.63, 3.8) is 0 Å². The summed E-state index contributed by atoms with van der Waals surface area (Å²) in [6.45, 7) is 3.91. The molecule has 0 aliphatic heterocycles. The highest BCUT2D eigenvalue weighted by Gasteiger charge is 2.10. The van der Waals surface area contributed by atoms with Crippen LogP contribution < -0.4 is 5.32 Å². The van der Waals surface area contributed by atoms with Gasteiger partial charge in [-0.05, 0) is 25.5 Å². The summed E-state index contributed by atoms with van der Waals surface area (Å²) in [5.74, 6) is 0.292. The van der Waals surface area contributed by atoms with E-state index >= 15 is 0 Å². The molecule has 2 rings (SSSR count). The normalized spacial score (nSPS) is 10.3. The molecule has 1 heterocycles. The van der Waals surface area contributed by atoms with Crippen LogP contribution in [-0.2, 0) is 7.05 Å². The van der Waals surface area contributed by atoms with Crippen molar-refractivity contribution in [2.45, 2.75) is 13.8 Å². The molecule has 0 bridgehead atoms. The van der Waals surface area contributed by atoms with Crippen LogP contribution in [0.1, 0.15) is 21.5 Å². The molecular weight excluding hydrogens is 216 g/mol. The van der Waals surface area contributed by atoms with Crippen molar-refractivity contribution in [1.82, 2.24) is 15.0 Å². The molecule has 5 heteroatoms. The fraction of sp³-hybridized carbons (Fsp3) is 0.250. The quantitative estimate of drug-likeness (QED) is 0.854. The molecule has 0 radical (unpaired) electrons. The minimum Gasteiger partial charge on any atom is -0.304 e. The van der Waals surface area contributed by atoms with Crippen LogP contribution in [0.3, 0.4) is 0 Å². The lowest BCUT2D eigenvalue weighted by Crippen LogP contribution is -2.13. The molecule has 1 aromatic heterocycles. The van der Waals surface area contributed by atoms with Crippen molar-refractivity contribution in [2.24, 2.45) is 7.05 Å². The first-order valence-corrected chi connectivity index (χ1v) is 5.31. The molecule has 0 aliphatic rings. The Balaban J connectivity index is 2.20. The third-order valence-corrected chi connectivity index (χ3v) is 2.47. The highest BCUT2D eigenvalue weighted by Crippen LogP contribution is 2.12. The molecule has 5 nitrogen and oxygen atoms in total. The summed E-state index contributed by atoms with van der Waals surface area (Å²) < 4.78 is 1.54. The summed E-state index contributed by atoms with van der Waals surface area (Å²) in [6.07, 6.45) is 1.65. The first kappa shape index (κ1) is 11.3. The Bertz CT molecular complexity index is 559. The number of benzene rings is 1. The molecule has 0 unspecified atom stereocenters. The molecule has 1 aromatic carbocycles. The lowest BCUT2D eigenvalue weighted by atomic mass is 10.1. The van der Waals surface area contributed by atoms with E-state index in [1.165, 1.54) is 4.68 Å². The Hall–Kier alpha value is -2.17. The van der Waals surface area contributed by atoms with E-state index in [0.29, 0.717) is 11.4 Å². The van der Waals surface area contributed by atoms with Gasteiger partial charge in [-0.3, -0.25) is 9.48 Å². The summed E-state index contributed by atoms with van der Waals surface area (Å²) in [6, 6.07) is 5.71. The second-order valence-electron chi connectivity index (χ2n) is 4.05. The van der Waals surface area contributed by atoms with Crippen LogP contribution in [0.15, 0.2) is 24.4 Å². The standard InChI is InChI=1S/C12H14N4O/c1-8-4-5-10(9(2)6-8)12(17)13-11-7-16(3)15-14-11/h4-7H,1-3H3,(H,13,17). The van der Waals surface area contributed by atoms with E-state index in [0.717, 1.165) is 11.1 Å². The highest BCUT2D eigenvalue weighted by molar-refractivity contribution is 6.04. The van der Waals surface area contributed by atoms with Crippen LogP contribution in [0.2, 0.25) is 0 Å². The fourth-order valence-corrected chi connectivity index (χ4v) is 1.66. The molecule has 0 saturated heterocycles. The van der Waals surface area contributed by atoms with Crippen LogP contribution in [0.5, 0.6) is 0 Å². The van der Waals surface area contributed by atoms with Gasteiger partial charge in [0.25, 0.3) is 5.91 Å². The van der Waals surface area contributed by atoms with Gasteiger partial charge in [-0.2, -0.15) is 0 Å². The summed E-state index contributed by atoms with van der Waals surface area (Å²) >= 11 is 0. The average Bonchev–Trinajstić information content (AvgIpc) is 2.63. The molecule has 17 heavy (non-hydrogen) atoms. The van der Waals surface area contributed by atoms with Crippen LogP contribution >= 0.6 is 0 Å². The second kappa shape index (κ2) is 4.37. The van der Waals surface area contributed by atoms with Crippen molar-refractivity contribution < 1.29 is 4.79 Å². The molecule has 0 aliphatic carbocycles. The van der Waals surface area contributed by atoms with Gasteiger partial charge in [0.2, 0.25) is 0 Å². The average molecular weight is 230 g/mol. The maximum absolute atomic E-state index is 12.0. The largest absolute Gasteiger partial charge is 0.304 e. The lowest BCUT2D eigenvalue weighted by molar-refractivity contribution is 0.102. The Morgan fingerprint density at radius 3 is 2.71 bits per heavy atom. The van der Waals surface area contributed by atoms with Gasteiger partial charge in [-0.15, -0.1) is 5.10 Å². The number of amides is 1. The topological polar surface area (TPSA) is 59.8 Å². The molecule has 88 valence electrons. The number of aryl methyl sites for hydroxylation is 3. The predicted molar refractivity (Wildman–Crippen MR) is 64.9 cm³/mol. The molecule has 0 atom stereocenters. The third kappa shape index (κ3) is 2.50. The summed E-state index contributed by atoms with van der Waals surface area (Å²) in [5, 5.41) is 10.3. The monoisotopic (exact) mass is 230 g/mol. The number of carbonyl (C=O) groups excluding carboxylic acids is 1. The van der Waals surface area contributed by atoms with Crippen LogP contribution in [0.4, 0.5) is 5.82 Å². The Labute approximate surface area is 99.5 Å². The maximum atomic E-state index is 12.0. The molecule has 1 N–H and O–H groups in total. The van der Waals surface area contributed by atoms with E-state index in [1.54, 1.807) is 13.2 Å². The van der Waals surface area contributed by atoms with E-state index in [-0.39, 0.29) is 5.91 Å². The van der Waals surface area contributed by atoms with Crippen LogP contribution in [0.25, 0.3) is 0 Å². The van der Waals surface area contributed by atoms with Gasteiger partial charge in [-0.25, -0.2) is 0 Å². The Morgan fingerprint density at radius 2 is 2.12 bits per heavy atom. The molecule has 0 saturated carbocycles. The van der Waals surface area contributed by atoms with Gasteiger partial charge >= 0.3 is 0 Å². The van der Waals surface area contributed by atoms with E-state index in [2.05, 4.69) is 15.6 Å². The number of nitrogens with one attached hydrogen (secondary N) is 1. The molecule has 1 amide bonds. The van der Waals surface area contributed by atoms with Crippen molar-refractivity contribution >= 4 is 11.7 Å². The maximum Gasteiger partial charge on any atom is 0.257 e. The van der Waals surface area contributed by atoms with Gasteiger partial charge in [0.05, 0.1) is 6.20 Å². The second-order valence-corrected chi connectivity index (χ2v) is 4.05. The van der Waals surface area contributed by atoms with Crippen molar-refractivity contribution in [1.29, 1.82) is 0 Å². The fourth-order valence-electron chi connectivity index (χ4n) is 1.66. The van der Waals surface area contributed by atoms with E-state index in [1.807, 2.05) is 32.0 Å². The lowest BCUT2D eigenvalue weighted by Gasteiger charge is -2.05. The zero-order valence-corrected chi connectivity index (χ0v) is 10.1. The molecule has 0 spiro atoms. The number of aromatic nitrogens is 3. The van der Waals surface area contributed by atoms with Crippen molar-refractivity contribution in [3.8, 4) is 0 Å². The number of anilines is 1. The molecular formula is C12H14N4O. The molecule has 0 fully saturated rings. The molecule has 2 aromatic rings. The van der Waals surface area contributed by atoms with E-state index in [9.17, 15) is 4.79 Å². The Morgan fingerprint density at radius 1 is 1.35 bits per heavy atom.